The van der Waals surface area contributed by atoms with Gasteiger partial charge in [0.1, 0.15) is 5.76 Å². The first-order valence-corrected chi connectivity index (χ1v) is 9.42. The molecule has 0 unspecified atom stereocenters. The van der Waals surface area contributed by atoms with Crippen molar-refractivity contribution in [2.45, 2.75) is 32.9 Å². The highest BCUT2D eigenvalue weighted by molar-refractivity contribution is 5.97. The number of aliphatic hydroxyl groups excluding tert-OH is 1. The van der Waals surface area contributed by atoms with Gasteiger partial charge in [0.05, 0.1) is 29.4 Å². The number of carbonyl (C=O) groups excluding carboxylic acids is 1. The maximum Gasteiger partial charge on any atom is 0.253 e. The van der Waals surface area contributed by atoms with Gasteiger partial charge in [-0.05, 0) is 38.5 Å². The molecule has 1 saturated heterocycles. The molecule has 0 aliphatic carbocycles. The van der Waals surface area contributed by atoms with Gasteiger partial charge in [-0.25, -0.2) is 4.98 Å². The Kier molecular flexibility index (Phi) is 4.58. The minimum Gasteiger partial charge on any atom is -0.391 e. The predicted molar refractivity (Wildman–Crippen MR) is 105 cm³/mol. The van der Waals surface area contributed by atoms with E-state index in [0.717, 1.165) is 47.0 Å². The molecular weight excluding hydrogens is 358 g/mol. The molecule has 148 valence electrons. The Hall–Kier alpha value is -2.87. The van der Waals surface area contributed by atoms with Gasteiger partial charge < -0.3 is 24.0 Å². The van der Waals surface area contributed by atoms with E-state index in [-0.39, 0.29) is 12.0 Å². The quantitative estimate of drug-likeness (QED) is 0.742. The molecule has 1 aliphatic heterocycles. The SMILES string of the molecule is Cc1noc(C)c1CN(C)C(=O)c1ccc2c(c1)nc(N1CC[C@H](O)C1)n2C. The van der Waals surface area contributed by atoms with Crippen LogP contribution in [0.1, 0.15) is 33.8 Å². The van der Waals surface area contributed by atoms with Gasteiger partial charge in [-0.15, -0.1) is 0 Å². The number of fused-ring (bicyclic) bond motifs is 1. The van der Waals surface area contributed by atoms with E-state index in [9.17, 15) is 9.90 Å². The van der Waals surface area contributed by atoms with E-state index in [4.69, 9.17) is 9.51 Å². The third-order valence-electron chi connectivity index (χ3n) is 5.47. The van der Waals surface area contributed by atoms with Gasteiger partial charge in [-0.2, -0.15) is 0 Å². The number of aryl methyl sites for hydroxylation is 3. The molecule has 1 aliphatic rings. The van der Waals surface area contributed by atoms with Gasteiger partial charge in [0.25, 0.3) is 5.91 Å². The summed E-state index contributed by atoms with van der Waals surface area (Å²) in [5.74, 6) is 1.47. The molecule has 3 aromatic rings. The molecule has 8 nitrogen and oxygen atoms in total. The number of amides is 1. The van der Waals surface area contributed by atoms with Crippen molar-refractivity contribution >= 4 is 22.9 Å². The first kappa shape index (κ1) is 18.5. The lowest BCUT2D eigenvalue weighted by atomic mass is 10.1. The van der Waals surface area contributed by atoms with E-state index in [2.05, 4.69) is 10.1 Å². The van der Waals surface area contributed by atoms with Gasteiger partial charge in [-0.1, -0.05) is 5.16 Å². The van der Waals surface area contributed by atoms with Crippen LogP contribution in [-0.4, -0.2) is 56.9 Å². The van der Waals surface area contributed by atoms with Crippen molar-refractivity contribution in [3.63, 3.8) is 0 Å². The maximum atomic E-state index is 12.9. The molecule has 1 aromatic carbocycles. The van der Waals surface area contributed by atoms with Crippen molar-refractivity contribution in [3.8, 4) is 0 Å². The zero-order valence-corrected chi connectivity index (χ0v) is 16.6. The lowest BCUT2D eigenvalue weighted by Gasteiger charge is -2.17. The Morgan fingerprint density at radius 1 is 1.39 bits per heavy atom. The number of aromatic nitrogens is 3. The Labute approximate surface area is 163 Å². The predicted octanol–water partition coefficient (Wildman–Crippen LogP) is 2.02. The average Bonchev–Trinajstić information content (AvgIpc) is 3.34. The highest BCUT2D eigenvalue weighted by Crippen LogP contribution is 2.26. The number of hydrogen-bond donors (Lipinski definition) is 1. The monoisotopic (exact) mass is 383 g/mol. The third-order valence-corrected chi connectivity index (χ3v) is 5.47. The molecule has 3 heterocycles. The number of benzene rings is 1. The van der Waals surface area contributed by atoms with Crippen LogP contribution in [0.25, 0.3) is 11.0 Å². The Balaban J connectivity index is 1.59. The zero-order chi connectivity index (χ0) is 20.0. The van der Waals surface area contributed by atoms with E-state index in [1.807, 2.05) is 43.7 Å². The van der Waals surface area contributed by atoms with Crippen LogP contribution in [-0.2, 0) is 13.6 Å². The van der Waals surface area contributed by atoms with Crippen molar-refractivity contribution in [1.82, 2.24) is 19.6 Å². The summed E-state index contributed by atoms with van der Waals surface area (Å²) in [5.41, 5.74) is 4.06. The molecule has 1 atom stereocenters. The number of hydrogen-bond acceptors (Lipinski definition) is 6. The van der Waals surface area contributed by atoms with Crippen LogP contribution in [0.15, 0.2) is 22.7 Å². The minimum absolute atomic E-state index is 0.0781. The number of β-amino-alcohol motifs (C(OH)–C–C–N with tert-alkyl or cyclic N) is 1. The van der Waals surface area contributed by atoms with E-state index < -0.39 is 0 Å². The van der Waals surface area contributed by atoms with E-state index in [1.54, 1.807) is 11.9 Å². The molecule has 0 radical (unpaired) electrons. The second-order valence-electron chi connectivity index (χ2n) is 7.53. The maximum absolute atomic E-state index is 12.9. The fourth-order valence-electron chi connectivity index (χ4n) is 3.78. The largest absolute Gasteiger partial charge is 0.391 e. The van der Waals surface area contributed by atoms with Gasteiger partial charge in [0.15, 0.2) is 0 Å². The standard InChI is InChI=1S/C20H25N5O3/c1-12-16(13(2)28-22-12)11-23(3)19(27)14-5-6-18-17(9-14)21-20(24(18)4)25-8-7-15(26)10-25/h5-6,9,15,26H,7-8,10-11H2,1-4H3/t15-/m0/s1. The second kappa shape index (κ2) is 6.94. The summed E-state index contributed by atoms with van der Waals surface area (Å²) in [6.07, 6.45) is 0.439. The van der Waals surface area contributed by atoms with Crippen molar-refractivity contribution in [3.05, 3.63) is 40.8 Å². The van der Waals surface area contributed by atoms with E-state index >= 15 is 0 Å². The second-order valence-corrected chi connectivity index (χ2v) is 7.53. The van der Waals surface area contributed by atoms with E-state index in [0.29, 0.717) is 18.7 Å². The van der Waals surface area contributed by atoms with Crippen LogP contribution in [0, 0.1) is 13.8 Å². The fraction of sp³-hybridized carbons (Fsp3) is 0.450. The summed E-state index contributed by atoms with van der Waals surface area (Å²) in [4.78, 5) is 21.4. The van der Waals surface area contributed by atoms with Crippen LogP contribution in [0.2, 0.25) is 0 Å². The smallest absolute Gasteiger partial charge is 0.253 e. The summed E-state index contributed by atoms with van der Waals surface area (Å²) >= 11 is 0. The van der Waals surface area contributed by atoms with Gasteiger partial charge in [-0.3, -0.25) is 4.79 Å². The number of nitrogens with zero attached hydrogens (tertiary/aromatic N) is 5. The molecule has 0 spiro atoms. The van der Waals surface area contributed by atoms with Crippen molar-refractivity contribution in [2.75, 3.05) is 25.0 Å². The summed E-state index contributed by atoms with van der Waals surface area (Å²) in [6.45, 7) is 5.54. The van der Waals surface area contributed by atoms with Crippen LogP contribution < -0.4 is 4.90 Å². The Bertz CT molecular complexity index is 1020. The molecule has 2 aromatic heterocycles. The van der Waals surface area contributed by atoms with Gasteiger partial charge >= 0.3 is 0 Å². The van der Waals surface area contributed by atoms with Crippen LogP contribution in [0.4, 0.5) is 5.95 Å². The zero-order valence-electron chi connectivity index (χ0n) is 16.6. The molecule has 1 amide bonds. The number of aliphatic hydroxyl groups is 1. The highest BCUT2D eigenvalue weighted by Gasteiger charge is 2.25. The lowest BCUT2D eigenvalue weighted by molar-refractivity contribution is 0.0784. The van der Waals surface area contributed by atoms with Crippen LogP contribution >= 0.6 is 0 Å². The lowest BCUT2D eigenvalue weighted by Crippen LogP contribution is -2.26. The molecular formula is C20H25N5O3. The number of imidazole rings is 1. The van der Waals surface area contributed by atoms with Crippen molar-refractivity contribution in [2.24, 2.45) is 7.05 Å². The molecule has 0 saturated carbocycles. The summed E-state index contributed by atoms with van der Waals surface area (Å²) < 4.78 is 7.20. The molecule has 28 heavy (non-hydrogen) atoms. The first-order chi connectivity index (χ1) is 13.3. The first-order valence-electron chi connectivity index (χ1n) is 9.42. The van der Waals surface area contributed by atoms with Crippen molar-refractivity contribution < 1.29 is 14.4 Å². The molecule has 1 N–H and O–H groups in total. The van der Waals surface area contributed by atoms with Crippen LogP contribution in [0.5, 0.6) is 0 Å². The topological polar surface area (TPSA) is 87.6 Å². The fourth-order valence-corrected chi connectivity index (χ4v) is 3.78. The number of anilines is 1. The van der Waals surface area contributed by atoms with Crippen LogP contribution in [0.3, 0.4) is 0 Å². The average molecular weight is 383 g/mol. The molecule has 8 heteroatoms. The summed E-state index contributed by atoms with van der Waals surface area (Å²) in [5, 5.41) is 13.8. The van der Waals surface area contributed by atoms with Gasteiger partial charge in [0.2, 0.25) is 5.95 Å². The number of carbonyl (C=O) groups is 1. The Morgan fingerprint density at radius 3 is 2.82 bits per heavy atom. The summed E-state index contributed by atoms with van der Waals surface area (Å²) in [7, 11) is 3.73. The van der Waals surface area contributed by atoms with Crippen molar-refractivity contribution in [1.29, 1.82) is 0 Å². The van der Waals surface area contributed by atoms with E-state index in [1.165, 1.54) is 0 Å². The third kappa shape index (κ3) is 3.13. The molecule has 4 rings (SSSR count). The highest BCUT2D eigenvalue weighted by atomic mass is 16.5. The normalized spacial score (nSPS) is 16.9. The number of rotatable bonds is 4. The Morgan fingerprint density at radius 2 is 2.18 bits per heavy atom. The molecule has 1 fully saturated rings. The van der Waals surface area contributed by atoms with Gasteiger partial charge in [0, 0.05) is 38.3 Å². The minimum atomic E-state index is -0.310. The summed E-state index contributed by atoms with van der Waals surface area (Å²) in [6, 6.07) is 5.59. The molecule has 0 bridgehead atoms.